The monoisotopic (exact) mass is 294 g/mol. The van der Waals surface area contributed by atoms with Crippen LogP contribution in [-0.2, 0) is 12.8 Å². The fourth-order valence-electron chi connectivity index (χ4n) is 1.74. The summed E-state index contributed by atoms with van der Waals surface area (Å²) in [6.07, 6.45) is 1.02. The summed E-state index contributed by atoms with van der Waals surface area (Å²) in [7, 11) is 0. The van der Waals surface area contributed by atoms with Gasteiger partial charge in [-0.25, -0.2) is 0 Å². The standard InChI is InChI=1S/C14H15BrO2/c1-2-10-3-5-11(6-4-10)9-12(16)13-7-8-14(15)17-13/h3-8,12,16H,2,9H2,1H3. The molecule has 0 spiro atoms. The Labute approximate surface area is 109 Å². The van der Waals surface area contributed by atoms with E-state index in [1.54, 1.807) is 12.1 Å². The Kier molecular flexibility index (Phi) is 4.02. The molecule has 1 N–H and O–H groups in total. The number of halogens is 1. The Morgan fingerprint density at radius 3 is 2.29 bits per heavy atom. The smallest absolute Gasteiger partial charge is 0.169 e. The quantitative estimate of drug-likeness (QED) is 0.928. The van der Waals surface area contributed by atoms with Crippen LogP contribution in [0.3, 0.4) is 0 Å². The number of hydrogen-bond donors (Lipinski definition) is 1. The molecule has 2 aromatic rings. The fourth-order valence-corrected chi connectivity index (χ4v) is 2.06. The summed E-state index contributed by atoms with van der Waals surface area (Å²) in [5, 5.41) is 10.00. The summed E-state index contributed by atoms with van der Waals surface area (Å²) in [6, 6.07) is 11.9. The lowest BCUT2D eigenvalue weighted by atomic mass is 10.0. The van der Waals surface area contributed by atoms with E-state index in [0.29, 0.717) is 16.9 Å². The first-order chi connectivity index (χ1) is 8.19. The minimum atomic E-state index is -0.589. The number of aliphatic hydroxyl groups excluding tert-OH is 1. The second-order valence-corrected chi connectivity index (χ2v) is 4.81. The van der Waals surface area contributed by atoms with E-state index in [1.807, 2.05) is 0 Å². The topological polar surface area (TPSA) is 33.4 Å². The molecule has 0 aliphatic rings. The van der Waals surface area contributed by atoms with Crippen molar-refractivity contribution in [3.8, 4) is 0 Å². The zero-order valence-electron chi connectivity index (χ0n) is 9.69. The second-order valence-electron chi connectivity index (χ2n) is 4.03. The molecule has 1 unspecified atom stereocenters. The number of rotatable bonds is 4. The fraction of sp³-hybridized carbons (Fsp3) is 0.286. The van der Waals surface area contributed by atoms with Gasteiger partial charge in [0.25, 0.3) is 0 Å². The van der Waals surface area contributed by atoms with E-state index < -0.39 is 6.10 Å². The predicted octanol–water partition coefficient (Wildman–Crippen LogP) is 3.88. The van der Waals surface area contributed by atoms with Crippen LogP contribution in [0.25, 0.3) is 0 Å². The second kappa shape index (κ2) is 5.52. The van der Waals surface area contributed by atoms with Crippen molar-refractivity contribution in [2.45, 2.75) is 25.9 Å². The molecule has 90 valence electrons. The maximum atomic E-state index is 10.00. The SMILES string of the molecule is CCc1ccc(CC(O)c2ccc(Br)o2)cc1. The van der Waals surface area contributed by atoms with Gasteiger partial charge in [0.15, 0.2) is 4.67 Å². The van der Waals surface area contributed by atoms with Gasteiger partial charge in [-0.05, 0) is 45.6 Å². The van der Waals surface area contributed by atoms with Crippen molar-refractivity contribution in [3.63, 3.8) is 0 Å². The van der Waals surface area contributed by atoms with E-state index in [0.717, 1.165) is 12.0 Å². The summed E-state index contributed by atoms with van der Waals surface area (Å²) in [5.74, 6) is 0.594. The molecule has 17 heavy (non-hydrogen) atoms. The van der Waals surface area contributed by atoms with Gasteiger partial charge >= 0.3 is 0 Å². The van der Waals surface area contributed by atoms with Crippen LogP contribution in [0.4, 0.5) is 0 Å². The highest BCUT2D eigenvalue weighted by atomic mass is 79.9. The summed E-state index contributed by atoms with van der Waals surface area (Å²) in [5.41, 5.74) is 2.42. The lowest BCUT2D eigenvalue weighted by Crippen LogP contribution is -2.00. The number of aliphatic hydroxyl groups is 1. The van der Waals surface area contributed by atoms with Crippen molar-refractivity contribution < 1.29 is 9.52 Å². The van der Waals surface area contributed by atoms with Gasteiger partial charge in [-0.1, -0.05) is 31.2 Å². The summed E-state index contributed by atoms with van der Waals surface area (Å²) < 4.78 is 5.98. The highest BCUT2D eigenvalue weighted by Gasteiger charge is 2.12. The van der Waals surface area contributed by atoms with Crippen LogP contribution >= 0.6 is 15.9 Å². The zero-order valence-corrected chi connectivity index (χ0v) is 11.3. The third-order valence-corrected chi connectivity index (χ3v) is 3.21. The first kappa shape index (κ1) is 12.4. The van der Waals surface area contributed by atoms with Crippen LogP contribution in [0.15, 0.2) is 45.5 Å². The molecule has 1 heterocycles. The van der Waals surface area contributed by atoms with Crippen LogP contribution in [0.2, 0.25) is 0 Å². The molecule has 2 rings (SSSR count). The highest BCUT2D eigenvalue weighted by Crippen LogP contribution is 2.23. The third kappa shape index (κ3) is 3.20. The Balaban J connectivity index is 2.04. The molecule has 0 saturated heterocycles. The van der Waals surface area contributed by atoms with Gasteiger partial charge in [-0.3, -0.25) is 0 Å². The highest BCUT2D eigenvalue weighted by molar-refractivity contribution is 9.10. The van der Waals surface area contributed by atoms with Gasteiger partial charge in [-0.2, -0.15) is 0 Å². The van der Waals surface area contributed by atoms with Gasteiger partial charge in [0.1, 0.15) is 11.9 Å². The van der Waals surface area contributed by atoms with Crippen molar-refractivity contribution in [1.82, 2.24) is 0 Å². The number of hydrogen-bond acceptors (Lipinski definition) is 2. The Hall–Kier alpha value is -1.06. The summed E-state index contributed by atoms with van der Waals surface area (Å²) >= 11 is 3.23. The number of aryl methyl sites for hydroxylation is 1. The molecule has 2 nitrogen and oxygen atoms in total. The van der Waals surface area contributed by atoms with Gasteiger partial charge in [0.2, 0.25) is 0 Å². The molecular formula is C14H15BrO2. The van der Waals surface area contributed by atoms with Gasteiger partial charge < -0.3 is 9.52 Å². The normalized spacial score (nSPS) is 12.6. The molecule has 0 fully saturated rings. The average molecular weight is 295 g/mol. The van der Waals surface area contributed by atoms with E-state index in [1.165, 1.54) is 5.56 Å². The van der Waals surface area contributed by atoms with Gasteiger partial charge in [-0.15, -0.1) is 0 Å². The molecule has 1 aromatic carbocycles. The molecule has 0 amide bonds. The predicted molar refractivity (Wildman–Crippen MR) is 70.9 cm³/mol. The van der Waals surface area contributed by atoms with Crippen molar-refractivity contribution in [3.05, 3.63) is 58.0 Å². The van der Waals surface area contributed by atoms with Gasteiger partial charge in [0, 0.05) is 6.42 Å². The van der Waals surface area contributed by atoms with Crippen molar-refractivity contribution in [1.29, 1.82) is 0 Å². The van der Waals surface area contributed by atoms with E-state index in [-0.39, 0.29) is 0 Å². The van der Waals surface area contributed by atoms with Crippen LogP contribution in [0, 0.1) is 0 Å². The lowest BCUT2D eigenvalue weighted by Gasteiger charge is -2.08. The van der Waals surface area contributed by atoms with E-state index in [4.69, 9.17) is 4.42 Å². The molecule has 1 aromatic heterocycles. The summed E-state index contributed by atoms with van der Waals surface area (Å²) in [4.78, 5) is 0. The average Bonchev–Trinajstić information content (AvgIpc) is 2.77. The van der Waals surface area contributed by atoms with E-state index >= 15 is 0 Å². The summed E-state index contributed by atoms with van der Waals surface area (Å²) in [6.45, 7) is 2.13. The Bertz CT molecular complexity index is 473. The van der Waals surface area contributed by atoms with Crippen LogP contribution in [0.5, 0.6) is 0 Å². The number of benzene rings is 1. The first-order valence-corrected chi connectivity index (χ1v) is 6.49. The zero-order chi connectivity index (χ0) is 12.3. The molecule has 0 aliphatic heterocycles. The van der Waals surface area contributed by atoms with Gasteiger partial charge in [0.05, 0.1) is 0 Å². The Morgan fingerprint density at radius 2 is 1.76 bits per heavy atom. The van der Waals surface area contributed by atoms with Crippen LogP contribution in [-0.4, -0.2) is 5.11 Å². The van der Waals surface area contributed by atoms with Crippen molar-refractivity contribution >= 4 is 15.9 Å². The lowest BCUT2D eigenvalue weighted by molar-refractivity contribution is 0.149. The maximum absolute atomic E-state index is 10.00. The van der Waals surface area contributed by atoms with E-state index in [2.05, 4.69) is 47.1 Å². The molecular weight excluding hydrogens is 280 g/mol. The molecule has 0 saturated carbocycles. The largest absolute Gasteiger partial charge is 0.452 e. The minimum absolute atomic E-state index is 0.573. The molecule has 1 atom stereocenters. The molecule has 3 heteroatoms. The molecule has 0 radical (unpaired) electrons. The molecule has 0 bridgehead atoms. The minimum Gasteiger partial charge on any atom is -0.452 e. The number of furan rings is 1. The molecule has 0 aliphatic carbocycles. The maximum Gasteiger partial charge on any atom is 0.169 e. The van der Waals surface area contributed by atoms with Crippen molar-refractivity contribution in [2.24, 2.45) is 0 Å². The Morgan fingerprint density at radius 1 is 1.12 bits per heavy atom. The van der Waals surface area contributed by atoms with Crippen LogP contribution < -0.4 is 0 Å². The first-order valence-electron chi connectivity index (χ1n) is 5.70. The third-order valence-electron chi connectivity index (χ3n) is 2.78. The van der Waals surface area contributed by atoms with Crippen LogP contribution in [0.1, 0.15) is 29.9 Å². The van der Waals surface area contributed by atoms with Crippen molar-refractivity contribution in [2.75, 3.05) is 0 Å². The van der Waals surface area contributed by atoms with E-state index in [9.17, 15) is 5.11 Å².